The van der Waals surface area contributed by atoms with E-state index in [1.54, 1.807) is 12.4 Å². The van der Waals surface area contributed by atoms with Crippen LogP contribution < -0.4 is 11.5 Å². The van der Waals surface area contributed by atoms with Gasteiger partial charge in [-0.1, -0.05) is 75.7 Å². The van der Waals surface area contributed by atoms with Crippen LogP contribution in [0.5, 0.6) is 0 Å². The van der Waals surface area contributed by atoms with Gasteiger partial charge in [-0.25, -0.2) is 24.9 Å². The predicted octanol–water partition coefficient (Wildman–Crippen LogP) is 15.1. The number of ether oxygens (including phenoxy) is 2. The van der Waals surface area contributed by atoms with E-state index in [9.17, 15) is 0 Å². The van der Waals surface area contributed by atoms with E-state index in [0.29, 0.717) is 25.1 Å². The molecule has 0 amide bonds. The Kier molecular flexibility index (Phi) is 16.2. The van der Waals surface area contributed by atoms with Gasteiger partial charge in [-0.2, -0.15) is 0 Å². The maximum absolute atomic E-state index is 6.18. The summed E-state index contributed by atoms with van der Waals surface area (Å²) in [7, 11) is -2.26. The molecule has 5 N–H and O–H groups in total. The van der Waals surface area contributed by atoms with E-state index < -0.39 is 16.1 Å². The van der Waals surface area contributed by atoms with Crippen molar-refractivity contribution in [3.05, 3.63) is 184 Å². The maximum Gasteiger partial charge on any atom is 0.143 e. The molecule has 11 aromatic rings. The molecule has 0 atom stereocenters. The number of halogens is 1. The van der Waals surface area contributed by atoms with E-state index in [4.69, 9.17) is 25.9 Å². The molecule has 0 fully saturated rings. The summed E-state index contributed by atoms with van der Waals surface area (Å²) in [6, 6.07) is 42.1. The van der Waals surface area contributed by atoms with Crippen LogP contribution in [0.1, 0.15) is 33.4 Å². The molecule has 14 rings (SSSR count). The predicted molar refractivity (Wildman–Crippen MR) is 357 cm³/mol. The van der Waals surface area contributed by atoms with Gasteiger partial charge in [-0.05, 0) is 179 Å². The normalized spacial score (nSPS) is 13.1. The number of rotatable bonds is 15. The van der Waals surface area contributed by atoms with Gasteiger partial charge in [0.2, 0.25) is 0 Å². The first-order valence-electron chi connectivity index (χ1n) is 28.7. The third-order valence-electron chi connectivity index (χ3n) is 15.5. The second kappa shape index (κ2) is 24.2. The van der Waals surface area contributed by atoms with Gasteiger partial charge in [0.05, 0.1) is 31.0 Å². The third kappa shape index (κ3) is 12.8. The van der Waals surface area contributed by atoms with Crippen LogP contribution in [0.25, 0.3) is 89.1 Å². The number of aromatic nitrogens is 8. The van der Waals surface area contributed by atoms with Crippen LogP contribution in [0.2, 0.25) is 51.4 Å². The Hall–Kier alpha value is -8.53. The Morgan fingerprint density at radius 2 is 0.918 bits per heavy atom. The van der Waals surface area contributed by atoms with Crippen molar-refractivity contribution in [3.63, 3.8) is 0 Å². The number of hydrogen-bond acceptors (Lipinski definition) is 12. The van der Waals surface area contributed by atoms with Crippen molar-refractivity contribution in [3.8, 4) is 56.0 Å². The zero-order valence-electron chi connectivity index (χ0n) is 48.8. The molecule has 0 unspecified atom stereocenters. The fourth-order valence-corrected chi connectivity index (χ4v) is 12.7. The van der Waals surface area contributed by atoms with Crippen molar-refractivity contribution in [2.45, 2.75) is 84.5 Å². The number of anilines is 2. The van der Waals surface area contributed by atoms with E-state index in [-0.39, 0.29) is 0 Å². The molecule has 0 aliphatic carbocycles. The third-order valence-corrected chi connectivity index (χ3v) is 19.6. The summed E-state index contributed by atoms with van der Waals surface area (Å²) >= 11 is 3.67. The van der Waals surface area contributed by atoms with E-state index in [1.807, 2.05) is 79.7 Å². The van der Waals surface area contributed by atoms with E-state index in [2.05, 4.69) is 177 Å². The van der Waals surface area contributed by atoms with Crippen molar-refractivity contribution in [1.82, 2.24) is 39.0 Å². The first kappa shape index (κ1) is 56.9. The number of H-pyrrole nitrogens is 1. The standard InChI is InChI=1S/C26H29N5OSi.C21H24BrN3OSi.C20H15N5/c1-33(2,3)11-10-32-17-31-24(19-4-5-20-15-28-16-21(20)12-19)14-23-22(7-9-30-26(23)31)18-6-8-29-25(27)13-18;1-27(2,3)9-8-26-14-25-20(11-18-19(22)6-7-24-21(18)25)15-4-5-16-12-23-13-17(16)10-15;21-19-8-12(3-5-23-19)16-4-6-24-20-17(16)9-18(25-20)13-1-2-14-10-22-11-15(14)7-13/h4-9,12-15H,10-11,16-17H2,1-3H3,(H2,27,29);4-7,10-12H,8-9,13-14H2,1-3H3;1-10H,11H2,(H2,21,23)(H,24,25). The zero-order valence-corrected chi connectivity index (χ0v) is 52.4. The number of pyridine rings is 5. The minimum atomic E-state index is -1.16. The summed E-state index contributed by atoms with van der Waals surface area (Å²) in [6.45, 7) is 19.0. The number of benzene rings is 3. The van der Waals surface area contributed by atoms with Crippen molar-refractivity contribution in [2.75, 3.05) is 24.7 Å². The molecule has 0 saturated heterocycles. The van der Waals surface area contributed by atoms with Crippen molar-refractivity contribution in [1.29, 1.82) is 0 Å². The van der Waals surface area contributed by atoms with Gasteiger partial charge < -0.3 is 35.1 Å². The van der Waals surface area contributed by atoms with Gasteiger partial charge in [0.1, 0.15) is 42.0 Å². The van der Waals surface area contributed by atoms with Gasteiger partial charge in [0, 0.05) is 105 Å². The Balaban J connectivity index is 0.000000126. The van der Waals surface area contributed by atoms with Crippen LogP contribution in [0.3, 0.4) is 0 Å². The SMILES string of the molecule is C[Si](C)(C)CCOCn1c(-c2ccc3c(c2)CN=C3)cc2c(-c3ccnc(N)c3)ccnc21.C[Si](C)(C)CCOCn1c(-c2ccc3c(c2)CN=C3)cc2c(Br)ccnc21.Nc1cc(-c2ccnc3[nH]c(-c4ccc5c(c4)CN=C5)cc23)ccn1. The lowest BCUT2D eigenvalue weighted by atomic mass is 10.0. The average Bonchev–Trinajstić information content (AvgIpc) is 2.14. The van der Waals surface area contributed by atoms with Crippen LogP contribution in [0, 0.1) is 0 Å². The van der Waals surface area contributed by atoms with Gasteiger partial charge in [0.15, 0.2) is 0 Å². The number of hydrogen-bond donors (Lipinski definition) is 3. The molecule has 0 saturated carbocycles. The summed E-state index contributed by atoms with van der Waals surface area (Å²) in [5, 5.41) is 3.25. The van der Waals surface area contributed by atoms with Crippen LogP contribution in [-0.2, 0) is 42.6 Å². The second-order valence-corrected chi connectivity index (χ2v) is 36.2. The average molecular weight is 1220 g/mol. The molecule has 85 heavy (non-hydrogen) atoms. The molecule has 428 valence electrons. The molecule has 0 radical (unpaired) electrons. The van der Waals surface area contributed by atoms with Gasteiger partial charge in [0.25, 0.3) is 0 Å². The van der Waals surface area contributed by atoms with Crippen LogP contribution >= 0.6 is 15.9 Å². The summed E-state index contributed by atoms with van der Waals surface area (Å²) in [5.41, 5.74) is 32.9. The molecule has 0 spiro atoms. The highest BCUT2D eigenvalue weighted by Gasteiger charge is 2.21. The van der Waals surface area contributed by atoms with Crippen molar-refractivity contribution >= 4 is 95.5 Å². The highest BCUT2D eigenvalue weighted by Crippen LogP contribution is 2.38. The lowest BCUT2D eigenvalue weighted by Gasteiger charge is -2.17. The molecule has 18 heteroatoms. The monoisotopic (exact) mass is 1220 g/mol. The molecule has 8 aromatic heterocycles. The summed E-state index contributed by atoms with van der Waals surface area (Å²) in [4.78, 5) is 38.6. The Bertz CT molecular complexity index is 4400. The number of aliphatic imine (C=N–C) groups is 3. The molecule has 11 heterocycles. The second-order valence-electron chi connectivity index (χ2n) is 24.1. The topological polar surface area (TPSA) is 198 Å². The first-order chi connectivity index (χ1) is 41.1. The molecule has 0 bridgehead atoms. The minimum Gasteiger partial charge on any atom is -0.384 e. The number of aromatic amines is 1. The highest BCUT2D eigenvalue weighted by molar-refractivity contribution is 9.10. The zero-order chi connectivity index (χ0) is 58.8. The number of nitrogen functional groups attached to an aromatic ring is 2. The quantitative estimate of drug-likeness (QED) is 0.0660. The summed E-state index contributed by atoms with van der Waals surface area (Å²) < 4.78 is 17.7. The Morgan fingerprint density at radius 3 is 1.44 bits per heavy atom. The van der Waals surface area contributed by atoms with Crippen LogP contribution in [-0.4, -0.2) is 87.0 Å². The number of nitrogens with two attached hydrogens (primary N) is 2. The molecular weight excluding hydrogens is 1150 g/mol. The summed E-state index contributed by atoms with van der Waals surface area (Å²) in [6.07, 6.45) is 14.8. The lowest BCUT2D eigenvalue weighted by molar-refractivity contribution is 0.0908. The molecule has 3 aliphatic heterocycles. The smallest absolute Gasteiger partial charge is 0.143 e. The minimum absolute atomic E-state index is 0.464. The maximum atomic E-state index is 6.18. The van der Waals surface area contributed by atoms with E-state index in [1.165, 1.54) is 38.9 Å². The fraction of sp³-hybridized carbons (Fsp3) is 0.224. The van der Waals surface area contributed by atoms with E-state index in [0.717, 1.165) is 133 Å². The van der Waals surface area contributed by atoms with E-state index >= 15 is 0 Å². The molecule has 3 aromatic carbocycles. The van der Waals surface area contributed by atoms with Gasteiger partial charge >= 0.3 is 0 Å². The Labute approximate surface area is 505 Å². The Morgan fingerprint density at radius 1 is 0.471 bits per heavy atom. The summed E-state index contributed by atoms with van der Waals surface area (Å²) in [5.74, 6) is 1.02. The number of fused-ring (bicyclic) bond motifs is 6. The van der Waals surface area contributed by atoms with Gasteiger partial charge in [-0.3, -0.25) is 15.0 Å². The van der Waals surface area contributed by atoms with Gasteiger partial charge in [-0.15, -0.1) is 0 Å². The van der Waals surface area contributed by atoms with Crippen LogP contribution in [0.15, 0.2) is 166 Å². The fourth-order valence-electron chi connectivity index (χ4n) is 10.8. The number of nitrogens with one attached hydrogen (secondary N) is 1. The van der Waals surface area contributed by atoms with Crippen molar-refractivity contribution in [2.24, 2.45) is 15.0 Å². The highest BCUT2D eigenvalue weighted by atomic mass is 79.9. The number of nitrogens with zero attached hydrogens (tertiary/aromatic N) is 10. The lowest BCUT2D eigenvalue weighted by Crippen LogP contribution is -2.22. The largest absolute Gasteiger partial charge is 0.384 e. The van der Waals surface area contributed by atoms with Crippen molar-refractivity contribution < 1.29 is 9.47 Å². The molecular formula is C67H68BrN13O2Si2. The van der Waals surface area contributed by atoms with Crippen LogP contribution in [0.4, 0.5) is 11.6 Å². The molecule has 3 aliphatic rings. The first-order valence-corrected chi connectivity index (χ1v) is 36.9. The molecule has 15 nitrogen and oxygen atoms in total.